The van der Waals surface area contributed by atoms with Crippen molar-refractivity contribution < 1.29 is 4.79 Å². The molecule has 0 atom stereocenters. The number of carbonyl (C=O) groups excluding carboxylic acids is 1. The van der Waals surface area contributed by atoms with Gasteiger partial charge in [0.05, 0.1) is 11.4 Å². The lowest BCUT2D eigenvalue weighted by Gasteiger charge is -2.06. The Kier molecular flexibility index (Phi) is 2.93. The molecule has 0 fully saturated rings. The van der Waals surface area contributed by atoms with Crippen molar-refractivity contribution in [2.75, 3.05) is 0 Å². The summed E-state index contributed by atoms with van der Waals surface area (Å²) in [6.07, 6.45) is 11.3. The predicted octanol–water partition coefficient (Wildman–Crippen LogP) is 3.73. The van der Waals surface area contributed by atoms with Gasteiger partial charge >= 0.3 is 0 Å². The number of aromatic nitrogens is 3. The number of rotatable bonds is 4. The highest BCUT2D eigenvalue weighted by Crippen LogP contribution is 2.30. The summed E-state index contributed by atoms with van der Waals surface area (Å²) in [5.74, 6) is 0.00880. The minimum Gasteiger partial charge on any atom is -0.362 e. The minimum absolute atomic E-state index is 0.00880. The number of fused-ring (bicyclic) bond motifs is 1. The van der Waals surface area contributed by atoms with Crippen molar-refractivity contribution in [2.45, 2.75) is 6.54 Å². The van der Waals surface area contributed by atoms with Crippen LogP contribution >= 0.6 is 0 Å². The zero-order valence-electron chi connectivity index (χ0n) is 11.9. The molecule has 2 N–H and O–H groups in total. The lowest BCUT2D eigenvalue weighted by atomic mass is 10.1. The van der Waals surface area contributed by atoms with E-state index in [1.54, 1.807) is 12.2 Å². The first-order valence-corrected chi connectivity index (χ1v) is 7.22. The van der Waals surface area contributed by atoms with Crippen molar-refractivity contribution in [3.63, 3.8) is 0 Å². The standard InChI is InChI=1S/C18H15N3O/c22-17(8-7-13-4-1-9-19-13)15-12-14-5-3-11-21(14)18(15)16-6-2-10-20-16/h1-10,12,19-20H,11H2/b8-7-. The van der Waals surface area contributed by atoms with E-state index in [1.807, 2.05) is 42.7 Å². The van der Waals surface area contributed by atoms with Crippen LogP contribution in [0.2, 0.25) is 0 Å². The van der Waals surface area contributed by atoms with Gasteiger partial charge in [-0.05, 0) is 48.6 Å². The van der Waals surface area contributed by atoms with E-state index in [0.717, 1.165) is 34.9 Å². The fourth-order valence-electron chi connectivity index (χ4n) is 2.84. The number of hydrogen-bond acceptors (Lipinski definition) is 1. The molecule has 22 heavy (non-hydrogen) atoms. The number of hydrogen-bond donors (Lipinski definition) is 2. The Balaban J connectivity index is 1.75. The summed E-state index contributed by atoms with van der Waals surface area (Å²) in [7, 11) is 0. The van der Waals surface area contributed by atoms with Crippen LogP contribution in [0.15, 0.2) is 54.9 Å². The number of ketones is 1. The summed E-state index contributed by atoms with van der Waals surface area (Å²) in [5, 5.41) is 0. The molecule has 1 aliphatic heterocycles. The fraction of sp³-hybridized carbons (Fsp3) is 0.0556. The van der Waals surface area contributed by atoms with Crippen LogP contribution in [0.1, 0.15) is 21.7 Å². The number of H-pyrrole nitrogens is 2. The molecule has 108 valence electrons. The summed E-state index contributed by atoms with van der Waals surface area (Å²) < 4.78 is 2.15. The summed E-state index contributed by atoms with van der Waals surface area (Å²) in [6.45, 7) is 0.803. The molecule has 3 aromatic heterocycles. The van der Waals surface area contributed by atoms with Crippen molar-refractivity contribution in [1.82, 2.24) is 14.5 Å². The molecule has 4 nitrogen and oxygen atoms in total. The van der Waals surface area contributed by atoms with Gasteiger partial charge in [-0.15, -0.1) is 0 Å². The topological polar surface area (TPSA) is 53.6 Å². The highest BCUT2D eigenvalue weighted by Gasteiger charge is 2.21. The van der Waals surface area contributed by atoms with E-state index < -0.39 is 0 Å². The first-order valence-electron chi connectivity index (χ1n) is 7.22. The molecular weight excluding hydrogens is 274 g/mol. The van der Waals surface area contributed by atoms with E-state index in [2.05, 4.69) is 26.7 Å². The van der Waals surface area contributed by atoms with E-state index in [4.69, 9.17) is 0 Å². The number of carbonyl (C=O) groups is 1. The maximum Gasteiger partial charge on any atom is 0.188 e. The lowest BCUT2D eigenvalue weighted by Crippen LogP contribution is -2.01. The van der Waals surface area contributed by atoms with Crippen LogP contribution in [0.25, 0.3) is 23.5 Å². The van der Waals surface area contributed by atoms with Gasteiger partial charge in [-0.3, -0.25) is 4.79 Å². The average molecular weight is 289 g/mol. The number of nitrogens with zero attached hydrogens (tertiary/aromatic N) is 1. The summed E-state index contributed by atoms with van der Waals surface area (Å²) in [5.41, 5.74) is 4.63. The highest BCUT2D eigenvalue weighted by atomic mass is 16.1. The quantitative estimate of drug-likeness (QED) is 0.558. The largest absolute Gasteiger partial charge is 0.362 e. The van der Waals surface area contributed by atoms with Crippen molar-refractivity contribution in [2.24, 2.45) is 0 Å². The number of aromatic amines is 2. The molecule has 1 aliphatic rings. The smallest absolute Gasteiger partial charge is 0.188 e. The Hall–Kier alpha value is -3.01. The Morgan fingerprint density at radius 3 is 2.82 bits per heavy atom. The molecule has 0 amide bonds. The van der Waals surface area contributed by atoms with E-state index in [9.17, 15) is 4.79 Å². The molecule has 0 radical (unpaired) electrons. The number of nitrogens with one attached hydrogen (secondary N) is 2. The molecule has 0 aliphatic carbocycles. The second-order valence-electron chi connectivity index (χ2n) is 5.25. The van der Waals surface area contributed by atoms with Crippen molar-refractivity contribution >= 4 is 17.9 Å². The predicted molar refractivity (Wildman–Crippen MR) is 87.4 cm³/mol. The van der Waals surface area contributed by atoms with Crippen LogP contribution in [0, 0.1) is 0 Å². The molecule has 0 bridgehead atoms. The zero-order chi connectivity index (χ0) is 14.9. The Morgan fingerprint density at radius 2 is 2.05 bits per heavy atom. The maximum atomic E-state index is 12.6. The van der Waals surface area contributed by atoms with Gasteiger partial charge in [-0.25, -0.2) is 0 Å². The molecular formula is C18H15N3O. The van der Waals surface area contributed by atoms with Gasteiger partial charge in [0.2, 0.25) is 0 Å². The Bertz CT molecular complexity index is 862. The maximum absolute atomic E-state index is 12.6. The Morgan fingerprint density at radius 1 is 1.18 bits per heavy atom. The molecule has 0 saturated heterocycles. The van der Waals surface area contributed by atoms with E-state index in [-0.39, 0.29) is 5.78 Å². The summed E-state index contributed by atoms with van der Waals surface area (Å²) in [4.78, 5) is 18.9. The molecule has 4 heteroatoms. The van der Waals surface area contributed by atoms with Gasteiger partial charge < -0.3 is 14.5 Å². The fourth-order valence-corrected chi connectivity index (χ4v) is 2.84. The summed E-state index contributed by atoms with van der Waals surface area (Å²) in [6, 6.07) is 9.73. The normalized spacial score (nSPS) is 13.1. The molecule has 0 spiro atoms. The zero-order valence-corrected chi connectivity index (χ0v) is 11.9. The van der Waals surface area contributed by atoms with Gasteiger partial charge in [0.1, 0.15) is 0 Å². The second-order valence-corrected chi connectivity index (χ2v) is 5.25. The monoisotopic (exact) mass is 289 g/mol. The van der Waals surface area contributed by atoms with Gasteiger partial charge in [-0.2, -0.15) is 0 Å². The first kappa shape index (κ1) is 12.7. The van der Waals surface area contributed by atoms with Crippen LogP contribution in [-0.4, -0.2) is 20.3 Å². The van der Waals surface area contributed by atoms with Crippen LogP contribution in [-0.2, 0) is 6.54 Å². The number of allylic oxidation sites excluding steroid dienone is 2. The van der Waals surface area contributed by atoms with E-state index in [1.165, 1.54) is 0 Å². The van der Waals surface area contributed by atoms with Crippen LogP contribution in [0.5, 0.6) is 0 Å². The molecule has 0 aromatic carbocycles. The summed E-state index contributed by atoms with van der Waals surface area (Å²) >= 11 is 0. The lowest BCUT2D eigenvalue weighted by molar-refractivity contribution is 0.104. The third-order valence-corrected chi connectivity index (χ3v) is 3.86. The van der Waals surface area contributed by atoms with Crippen molar-refractivity contribution in [3.05, 3.63) is 71.8 Å². The molecule has 4 heterocycles. The second kappa shape index (κ2) is 5.07. The minimum atomic E-state index is 0.00880. The SMILES string of the molecule is O=C(/C=C\c1ccc[nH]1)c1cc2n(c1-c1ccc[nH]1)CC=C2. The van der Waals surface area contributed by atoms with Gasteiger partial charge in [0.25, 0.3) is 0 Å². The first-order chi connectivity index (χ1) is 10.8. The van der Waals surface area contributed by atoms with E-state index in [0.29, 0.717) is 0 Å². The average Bonchev–Trinajstić information content (AvgIpc) is 3.26. The molecule has 4 rings (SSSR count). The van der Waals surface area contributed by atoms with Crippen molar-refractivity contribution in [1.29, 1.82) is 0 Å². The van der Waals surface area contributed by atoms with Gasteiger partial charge in [0, 0.05) is 35.9 Å². The van der Waals surface area contributed by atoms with E-state index >= 15 is 0 Å². The molecule has 0 saturated carbocycles. The van der Waals surface area contributed by atoms with Gasteiger partial charge in [0.15, 0.2) is 5.78 Å². The van der Waals surface area contributed by atoms with Crippen LogP contribution in [0.3, 0.4) is 0 Å². The molecule has 3 aromatic rings. The third kappa shape index (κ3) is 2.05. The Labute approximate surface area is 127 Å². The van der Waals surface area contributed by atoms with Gasteiger partial charge in [-0.1, -0.05) is 6.08 Å². The third-order valence-electron chi connectivity index (χ3n) is 3.86. The van der Waals surface area contributed by atoms with Crippen molar-refractivity contribution in [3.8, 4) is 11.4 Å². The molecule has 0 unspecified atom stereocenters. The van der Waals surface area contributed by atoms with Crippen LogP contribution < -0.4 is 0 Å². The highest BCUT2D eigenvalue weighted by molar-refractivity contribution is 6.11. The van der Waals surface area contributed by atoms with Crippen LogP contribution in [0.4, 0.5) is 0 Å².